The molecule has 0 aliphatic carbocycles. The fourth-order valence-corrected chi connectivity index (χ4v) is 5.26. The number of aromatic nitrogens is 1. The zero-order valence-corrected chi connectivity index (χ0v) is 18.4. The van der Waals surface area contributed by atoms with Crippen LogP contribution in [0.2, 0.25) is 0 Å². The van der Waals surface area contributed by atoms with Gasteiger partial charge in [0.2, 0.25) is 5.91 Å². The Kier molecular flexibility index (Phi) is 7.31. The summed E-state index contributed by atoms with van der Waals surface area (Å²) in [6, 6.07) is 12.4. The summed E-state index contributed by atoms with van der Waals surface area (Å²) in [6.45, 7) is 3.17. The minimum Gasteiger partial charge on any atom is -0.380 e. The van der Waals surface area contributed by atoms with Crippen molar-refractivity contribution in [3.05, 3.63) is 63.4 Å². The molecule has 31 heavy (non-hydrogen) atoms. The molecule has 1 heterocycles. The first kappa shape index (κ1) is 22.8. The van der Waals surface area contributed by atoms with Crippen LogP contribution < -0.4 is 4.80 Å². The fraction of sp³-hybridized carbons (Fsp3) is 0.300. The fourth-order valence-electron chi connectivity index (χ4n) is 2.91. The minimum absolute atomic E-state index is 0.0578. The largest absolute Gasteiger partial charge is 0.380 e. The number of non-ortho nitro benzene ring substituents is 1. The van der Waals surface area contributed by atoms with Crippen molar-refractivity contribution < 1.29 is 22.9 Å². The summed E-state index contributed by atoms with van der Waals surface area (Å²) >= 11 is 1.14. The average Bonchev–Trinajstić information content (AvgIpc) is 3.09. The SMILES string of the molecule is CCOCCn1c(=NC(=O)CCS(=O)(=O)c2ccccc2)sc2cc([N+](=O)[O-])ccc21. The van der Waals surface area contributed by atoms with Gasteiger partial charge in [-0.25, -0.2) is 8.42 Å². The summed E-state index contributed by atoms with van der Waals surface area (Å²) in [5, 5.41) is 11.1. The first-order chi connectivity index (χ1) is 14.8. The van der Waals surface area contributed by atoms with Gasteiger partial charge >= 0.3 is 0 Å². The number of fused-ring (bicyclic) bond motifs is 1. The molecular formula is C20H21N3O6S2. The molecule has 0 aliphatic heterocycles. The number of amides is 1. The maximum absolute atomic E-state index is 12.4. The van der Waals surface area contributed by atoms with Gasteiger partial charge < -0.3 is 9.30 Å². The normalized spacial score (nSPS) is 12.4. The van der Waals surface area contributed by atoms with Crippen LogP contribution in [0.25, 0.3) is 10.2 Å². The maximum atomic E-state index is 12.4. The average molecular weight is 464 g/mol. The lowest BCUT2D eigenvalue weighted by molar-refractivity contribution is -0.384. The van der Waals surface area contributed by atoms with Crippen molar-refractivity contribution in [2.45, 2.75) is 24.8 Å². The smallest absolute Gasteiger partial charge is 0.270 e. The Morgan fingerprint density at radius 3 is 2.65 bits per heavy atom. The monoisotopic (exact) mass is 463 g/mol. The van der Waals surface area contributed by atoms with E-state index in [0.29, 0.717) is 34.8 Å². The lowest BCUT2D eigenvalue weighted by Crippen LogP contribution is -2.20. The van der Waals surface area contributed by atoms with E-state index in [1.807, 2.05) is 6.92 Å². The Bertz CT molecular complexity index is 1260. The number of carbonyl (C=O) groups is 1. The van der Waals surface area contributed by atoms with Crippen LogP contribution in [0.5, 0.6) is 0 Å². The molecule has 0 aliphatic rings. The molecule has 1 amide bonds. The predicted octanol–water partition coefficient (Wildman–Crippen LogP) is 2.94. The highest BCUT2D eigenvalue weighted by Gasteiger charge is 2.17. The number of rotatable bonds is 9. The van der Waals surface area contributed by atoms with Gasteiger partial charge in [0.25, 0.3) is 5.69 Å². The number of sulfone groups is 1. The number of nitrogens with zero attached hydrogens (tertiary/aromatic N) is 3. The Balaban J connectivity index is 1.89. The van der Waals surface area contributed by atoms with Crippen molar-refractivity contribution in [2.75, 3.05) is 19.0 Å². The lowest BCUT2D eigenvalue weighted by Gasteiger charge is -2.05. The van der Waals surface area contributed by atoms with Gasteiger partial charge in [-0.15, -0.1) is 0 Å². The van der Waals surface area contributed by atoms with Gasteiger partial charge in [-0.05, 0) is 25.1 Å². The number of thiazole rings is 1. The summed E-state index contributed by atoms with van der Waals surface area (Å²) in [4.78, 5) is 27.6. The third-order valence-electron chi connectivity index (χ3n) is 4.45. The van der Waals surface area contributed by atoms with Crippen LogP contribution in [0.4, 0.5) is 5.69 Å². The zero-order valence-electron chi connectivity index (χ0n) is 16.8. The zero-order chi connectivity index (χ0) is 22.4. The molecule has 0 bridgehead atoms. The lowest BCUT2D eigenvalue weighted by atomic mass is 10.3. The van der Waals surface area contributed by atoms with Gasteiger partial charge in [0.15, 0.2) is 14.6 Å². The van der Waals surface area contributed by atoms with Crippen LogP contribution in [-0.4, -0.2) is 42.8 Å². The molecule has 11 heteroatoms. The number of hydrogen-bond acceptors (Lipinski definition) is 7. The number of hydrogen-bond donors (Lipinski definition) is 0. The summed E-state index contributed by atoms with van der Waals surface area (Å²) in [7, 11) is -3.59. The van der Waals surface area contributed by atoms with Gasteiger partial charge in [0, 0.05) is 31.7 Å². The Morgan fingerprint density at radius 1 is 1.23 bits per heavy atom. The van der Waals surface area contributed by atoms with Crippen LogP contribution in [0, 0.1) is 10.1 Å². The van der Waals surface area contributed by atoms with E-state index in [1.165, 1.54) is 24.3 Å². The van der Waals surface area contributed by atoms with Crippen molar-refractivity contribution >= 4 is 43.0 Å². The Hall–Kier alpha value is -2.89. The van der Waals surface area contributed by atoms with E-state index in [4.69, 9.17) is 4.74 Å². The first-order valence-electron chi connectivity index (χ1n) is 9.52. The quantitative estimate of drug-likeness (QED) is 0.273. The van der Waals surface area contributed by atoms with Crippen LogP contribution in [0.3, 0.4) is 0 Å². The van der Waals surface area contributed by atoms with Crippen molar-refractivity contribution in [2.24, 2.45) is 4.99 Å². The van der Waals surface area contributed by atoms with Gasteiger partial charge in [-0.1, -0.05) is 29.5 Å². The van der Waals surface area contributed by atoms with E-state index >= 15 is 0 Å². The Morgan fingerprint density at radius 2 is 1.97 bits per heavy atom. The molecule has 0 fully saturated rings. The van der Waals surface area contributed by atoms with Crippen LogP contribution in [0.1, 0.15) is 13.3 Å². The molecule has 0 N–H and O–H groups in total. The van der Waals surface area contributed by atoms with E-state index < -0.39 is 20.7 Å². The molecule has 164 valence electrons. The number of ether oxygens (including phenoxy) is 1. The second kappa shape index (κ2) is 9.94. The van der Waals surface area contributed by atoms with E-state index in [2.05, 4.69) is 4.99 Å². The molecular weight excluding hydrogens is 442 g/mol. The number of carbonyl (C=O) groups excluding carboxylic acids is 1. The van der Waals surface area contributed by atoms with Gasteiger partial charge in [0.1, 0.15) is 0 Å². The van der Waals surface area contributed by atoms with Crippen LogP contribution in [0.15, 0.2) is 58.4 Å². The second-order valence-electron chi connectivity index (χ2n) is 6.53. The Labute approximate surface area is 182 Å². The van der Waals surface area contributed by atoms with E-state index in [9.17, 15) is 23.3 Å². The van der Waals surface area contributed by atoms with Crippen molar-refractivity contribution in [3.8, 4) is 0 Å². The molecule has 1 aromatic heterocycles. The van der Waals surface area contributed by atoms with Gasteiger partial charge in [-0.2, -0.15) is 4.99 Å². The summed E-state index contributed by atoms with van der Waals surface area (Å²) < 4.78 is 32.5. The third-order valence-corrected chi connectivity index (χ3v) is 7.22. The molecule has 2 aromatic carbocycles. The maximum Gasteiger partial charge on any atom is 0.270 e. The highest BCUT2D eigenvalue weighted by molar-refractivity contribution is 7.91. The molecule has 0 spiro atoms. The highest BCUT2D eigenvalue weighted by Crippen LogP contribution is 2.23. The molecule has 9 nitrogen and oxygen atoms in total. The summed E-state index contributed by atoms with van der Waals surface area (Å²) in [5.74, 6) is -0.931. The molecule has 0 saturated carbocycles. The van der Waals surface area contributed by atoms with Crippen LogP contribution >= 0.6 is 11.3 Å². The van der Waals surface area contributed by atoms with E-state index in [-0.39, 0.29) is 22.8 Å². The molecule has 3 aromatic rings. The van der Waals surface area contributed by atoms with Gasteiger partial charge in [0.05, 0.1) is 32.4 Å². The number of nitro groups is 1. The molecule has 0 saturated heterocycles. The number of nitro benzene ring substituents is 1. The molecule has 0 atom stereocenters. The van der Waals surface area contributed by atoms with Crippen LogP contribution in [-0.2, 0) is 25.9 Å². The number of benzene rings is 2. The minimum atomic E-state index is -3.59. The summed E-state index contributed by atoms with van der Waals surface area (Å²) in [6.07, 6.45) is -0.267. The first-order valence-corrected chi connectivity index (χ1v) is 12.0. The second-order valence-corrected chi connectivity index (χ2v) is 9.65. The third kappa shape index (κ3) is 5.63. The van der Waals surface area contributed by atoms with E-state index in [0.717, 1.165) is 11.3 Å². The molecule has 0 unspecified atom stereocenters. The van der Waals surface area contributed by atoms with E-state index in [1.54, 1.807) is 28.8 Å². The predicted molar refractivity (Wildman–Crippen MR) is 117 cm³/mol. The molecule has 0 radical (unpaired) electrons. The van der Waals surface area contributed by atoms with Crippen molar-refractivity contribution in [3.63, 3.8) is 0 Å². The highest BCUT2D eigenvalue weighted by atomic mass is 32.2. The molecule has 3 rings (SSSR count). The standard InChI is InChI=1S/C20H21N3O6S2/c1-2-29-12-11-22-17-9-8-15(23(25)26)14-18(17)30-20(22)21-19(24)10-13-31(27,28)16-6-4-3-5-7-16/h3-9,14H,2,10-13H2,1H3. The van der Waals surface area contributed by atoms with Gasteiger partial charge in [-0.3, -0.25) is 14.9 Å². The summed E-state index contributed by atoms with van der Waals surface area (Å²) in [5.41, 5.74) is 0.635. The van der Waals surface area contributed by atoms with Crippen molar-refractivity contribution in [1.82, 2.24) is 4.57 Å². The van der Waals surface area contributed by atoms with Crippen molar-refractivity contribution in [1.29, 1.82) is 0 Å². The topological polar surface area (TPSA) is 121 Å².